The molecule has 1 heterocycles. The first-order valence-corrected chi connectivity index (χ1v) is 10.0. The van der Waals surface area contributed by atoms with Crippen LogP contribution in [0.3, 0.4) is 0 Å². The van der Waals surface area contributed by atoms with Crippen molar-refractivity contribution in [2.45, 2.75) is 6.92 Å². The van der Waals surface area contributed by atoms with Crippen molar-refractivity contribution in [3.63, 3.8) is 0 Å². The summed E-state index contributed by atoms with van der Waals surface area (Å²) in [5.41, 5.74) is 2.76. The van der Waals surface area contributed by atoms with Crippen molar-refractivity contribution < 1.29 is 23.4 Å². The molecule has 0 atom stereocenters. The highest BCUT2D eigenvalue weighted by Gasteiger charge is 2.16. The van der Waals surface area contributed by atoms with Gasteiger partial charge in [0.25, 0.3) is 0 Å². The highest BCUT2D eigenvalue weighted by molar-refractivity contribution is 6.00. The van der Waals surface area contributed by atoms with Gasteiger partial charge >= 0.3 is 5.63 Å². The zero-order chi connectivity index (χ0) is 22.7. The second-order valence-electron chi connectivity index (χ2n) is 7.28. The maximum atomic E-state index is 12.7. The van der Waals surface area contributed by atoms with Crippen molar-refractivity contribution in [2.24, 2.45) is 0 Å². The van der Waals surface area contributed by atoms with Crippen LogP contribution in [0.5, 0.6) is 17.2 Å². The molecule has 6 nitrogen and oxygen atoms in total. The quantitative estimate of drug-likeness (QED) is 0.302. The molecule has 6 heteroatoms. The minimum atomic E-state index is -0.464. The van der Waals surface area contributed by atoms with E-state index in [1.807, 2.05) is 37.3 Å². The molecule has 0 saturated carbocycles. The summed E-state index contributed by atoms with van der Waals surface area (Å²) in [6, 6.07) is 19.2. The van der Waals surface area contributed by atoms with Crippen LogP contribution in [0.1, 0.15) is 15.9 Å². The van der Waals surface area contributed by atoms with E-state index >= 15 is 0 Å². The fourth-order valence-electron chi connectivity index (χ4n) is 3.51. The molecule has 1 aromatic heterocycles. The van der Waals surface area contributed by atoms with Crippen LogP contribution in [0, 0.1) is 6.92 Å². The average Bonchev–Trinajstić information content (AvgIpc) is 2.81. The van der Waals surface area contributed by atoms with E-state index in [0.717, 1.165) is 11.1 Å². The second-order valence-corrected chi connectivity index (χ2v) is 7.28. The number of rotatable bonds is 7. The lowest BCUT2D eigenvalue weighted by molar-refractivity contribution is 0.0922. The van der Waals surface area contributed by atoms with Gasteiger partial charge in [0.15, 0.2) is 12.4 Å². The smallest absolute Gasteiger partial charge is 0.336 e. The molecule has 0 amide bonds. The Morgan fingerprint density at radius 2 is 1.50 bits per heavy atom. The highest BCUT2D eigenvalue weighted by atomic mass is 16.5. The number of fused-ring (bicyclic) bond motifs is 1. The third-order valence-electron chi connectivity index (χ3n) is 5.12. The largest absolute Gasteiger partial charge is 0.497 e. The molecule has 162 valence electrons. The van der Waals surface area contributed by atoms with Crippen LogP contribution >= 0.6 is 0 Å². The number of Topliss-reactive ketones (excluding diaryl/α,β-unsaturated/α-hetero) is 1. The Hall–Kier alpha value is -4.06. The Labute approximate surface area is 185 Å². The number of carbonyl (C=O) groups is 1. The van der Waals surface area contributed by atoms with Crippen LogP contribution in [0.15, 0.2) is 75.9 Å². The van der Waals surface area contributed by atoms with Gasteiger partial charge in [-0.25, -0.2) is 4.79 Å². The highest BCUT2D eigenvalue weighted by Crippen LogP contribution is 2.36. The van der Waals surface area contributed by atoms with Gasteiger partial charge in [0, 0.05) is 17.2 Å². The predicted molar refractivity (Wildman–Crippen MR) is 122 cm³/mol. The topological polar surface area (TPSA) is 75.0 Å². The fraction of sp³-hybridized carbons (Fsp3) is 0.154. The molecule has 0 bridgehead atoms. The molecular formula is C26H22O6. The maximum Gasteiger partial charge on any atom is 0.336 e. The van der Waals surface area contributed by atoms with Gasteiger partial charge in [-0.05, 0) is 66.6 Å². The van der Waals surface area contributed by atoms with Crippen LogP contribution in [0.25, 0.3) is 22.1 Å². The number of benzene rings is 3. The molecule has 3 aromatic carbocycles. The first-order chi connectivity index (χ1) is 15.5. The van der Waals surface area contributed by atoms with E-state index in [1.165, 1.54) is 6.07 Å². The first-order valence-electron chi connectivity index (χ1n) is 10.0. The monoisotopic (exact) mass is 430 g/mol. The van der Waals surface area contributed by atoms with Crippen molar-refractivity contribution in [3.8, 4) is 28.4 Å². The summed E-state index contributed by atoms with van der Waals surface area (Å²) in [4.78, 5) is 24.9. The van der Waals surface area contributed by atoms with E-state index < -0.39 is 5.63 Å². The van der Waals surface area contributed by atoms with E-state index in [4.69, 9.17) is 18.6 Å². The minimum Gasteiger partial charge on any atom is -0.497 e. The van der Waals surface area contributed by atoms with Gasteiger partial charge in [0.05, 0.1) is 19.6 Å². The summed E-state index contributed by atoms with van der Waals surface area (Å²) in [5.74, 6) is 1.67. The maximum absolute atomic E-state index is 12.7. The van der Waals surface area contributed by atoms with Crippen molar-refractivity contribution in [1.29, 1.82) is 0 Å². The van der Waals surface area contributed by atoms with Gasteiger partial charge in [-0.15, -0.1) is 0 Å². The molecular weight excluding hydrogens is 408 g/mol. The second kappa shape index (κ2) is 8.98. The van der Waals surface area contributed by atoms with Gasteiger partial charge in [-0.3, -0.25) is 4.79 Å². The molecule has 0 spiro atoms. The molecule has 32 heavy (non-hydrogen) atoms. The van der Waals surface area contributed by atoms with Crippen LogP contribution in [-0.4, -0.2) is 26.6 Å². The number of ketones is 1. The zero-order valence-electron chi connectivity index (χ0n) is 18.0. The molecule has 0 saturated heterocycles. The molecule has 4 aromatic rings. The Kier molecular flexibility index (Phi) is 5.94. The summed E-state index contributed by atoms with van der Waals surface area (Å²) >= 11 is 0. The third-order valence-corrected chi connectivity index (χ3v) is 5.12. The number of ether oxygens (including phenoxy) is 3. The molecule has 0 aliphatic rings. The van der Waals surface area contributed by atoms with E-state index in [1.54, 1.807) is 44.6 Å². The number of hydrogen-bond donors (Lipinski definition) is 0. The minimum absolute atomic E-state index is 0.161. The Bertz CT molecular complexity index is 1320. The van der Waals surface area contributed by atoms with E-state index in [2.05, 4.69) is 0 Å². The van der Waals surface area contributed by atoms with Crippen LogP contribution in [0.4, 0.5) is 0 Å². The van der Waals surface area contributed by atoms with Crippen LogP contribution in [0.2, 0.25) is 0 Å². The van der Waals surface area contributed by atoms with Gasteiger partial charge in [0.2, 0.25) is 0 Å². The summed E-state index contributed by atoms with van der Waals surface area (Å²) in [6.07, 6.45) is 0. The van der Waals surface area contributed by atoms with Crippen molar-refractivity contribution >= 4 is 16.8 Å². The van der Waals surface area contributed by atoms with Gasteiger partial charge in [0.1, 0.15) is 22.8 Å². The number of aryl methyl sites for hydroxylation is 1. The lowest BCUT2D eigenvalue weighted by atomic mass is 10.00. The van der Waals surface area contributed by atoms with E-state index in [-0.39, 0.29) is 12.4 Å². The SMILES string of the molecule is COc1ccc(C(=O)COc2cc(C)cc3oc(=O)cc(-c4ccc(OC)cc4)c23)cc1. The number of carbonyl (C=O) groups excluding carboxylic acids is 1. The van der Waals surface area contributed by atoms with Crippen molar-refractivity contribution in [2.75, 3.05) is 20.8 Å². The van der Waals surface area contributed by atoms with Crippen LogP contribution < -0.4 is 19.8 Å². The molecule has 0 aliphatic carbocycles. The van der Waals surface area contributed by atoms with Crippen molar-refractivity contribution in [1.82, 2.24) is 0 Å². The fourth-order valence-corrected chi connectivity index (χ4v) is 3.51. The molecule has 0 aliphatic heterocycles. The van der Waals surface area contributed by atoms with E-state index in [9.17, 15) is 9.59 Å². The Morgan fingerprint density at radius 3 is 2.12 bits per heavy atom. The Balaban J connectivity index is 1.73. The summed E-state index contributed by atoms with van der Waals surface area (Å²) in [5, 5.41) is 0.628. The van der Waals surface area contributed by atoms with E-state index in [0.29, 0.717) is 39.3 Å². The van der Waals surface area contributed by atoms with Gasteiger partial charge < -0.3 is 18.6 Å². The first kappa shape index (κ1) is 21.2. The Morgan fingerprint density at radius 1 is 0.875 bits per heavy atom. The summed E-state index contributed by atoms with van der Waals surface area (Å²) < 4.78 is 21.8. The summed E-state index contributed by atoms with van der Waals surface area (Å²) in [6.45, 7) is 1.71. The third kappa shape index (κ3) is 4.34. The van der Waals surface area contributed by atoms with Crippen LogP contribution in [-0.2, 0) is 0 Å². The van der Waals surface area contributed by atoms with Crippen molar-refractivity contribution in [3.05, 3.63) is 88.3 Å². The molecule has 4 rings (SSSR count). The molecule has 0 N–H and O–H groups in total. The zero-order valence-corrected chi connectivity index (χ0v) is 18.0. The standard InChI is InChI=1S/C26H22O6/c1-16-12-23(31-15-22(27)18-6-10-20(30-3)11-7-18)26-21(14-25(28)32-24(26)13-16)17-4-8-19(29-2)9-5-17/h4-14H,15H2,1-3H3. The predicted octanol–water partition coefficient (Wildman–Crippen LogP) is 5.05. The summed E-state index contributed by atoms with van der Waals surface area (Å²) in [7, 11) is 3.16. The normalized spacial score (nSPS) is 10.7. The number of hydrogen-bond acceptors (Lipinski definition) is 6. The van der Waals surface area contributed by atoms with Gasteiger partial charge in [-0.2, -0.15) is 0 Å². The molecule has 0 radical (unpaired) electrons. The molecule has 0 fully saturated rings. The molecule has 0 unspecified atom stereocenters. The lowest BCUT2D eigenvalue weighted by Crippen LogP contribution is -2.12. The average molecular weight is 430 g/mol. The number of methoxy groups -OCH3 is 2. The lowest BCUT2D eigenvalue weighted by Gasteiger charge is -2.13. The van der Waals surface area contributed by atoms with Gasteiger partial charge in [-0.1, -0.05) is 12.1 Å².